The first-order chi connectivity index (χ1) is 8.29. The number of rotatable bonds is 4. The van der Waals surface area contributed by atoms with Crippen LogP contribution in [0.2, 0.25) is 0 Å². The number of hydrogen-bond donors (Lipinski definition) is 1. The standard InChI is InChI=1S/C15H22FN/c16-15-5-1-4-14(11-15)13-8-6-12(7-9-13)3-2-10-17/h1,4-5,11-13H,2-3,6-10,17H2. The Morgan fingerprint density at radius 2 is 1.94 bits per heavy atom. The van der Waals surface area contributed by atoms with E-state index in [2.05, 4.69) is 6.07 Å². The van der Waals surface area contributed by atoms with Crippen LogP contribution >= 0.6 is 0 Å². The van der Waals surface area contributed by atoms with Gasteiger partial charge in [0.25, 0.3) is 0 Å². The number of hydrogen-bond acceptors (Lipinski definition) is 1. The second kappa shape index (κ2) is 6.15. The van der Waals surface area contributed by atoms with Gasteiger partial charge in [-0.05, 0) is 74.6 Å². The molecule has 1 aromatic carbocycles. The highest BCUT2D eigenvalue weighted by Crippen LogP contribution is 2.37. The molecule has 1 aliphatic rings. The van der Waals surface area contributed by atoms with Crippen LogP contribution in [0.4, 0.5) is 4.39 Å². The van der Waals surface area contributed by atoms with Crippen molar-refractivity contribution in [3.05, 3.63) is 35.6 Å². The number of benzene rings is 1. The van der Waals surface area contributed by atoms with Crippen molar-refractivity contribution in [3.8, 4) is 0 Å². The van der Waals surface area contributed by atoms with E-state index >= 15 is 0 Å². The van der Waals surface area contributed by atoms with E-state index in [1.54, 1.807) is 6.07 Å². The SMILES string of the molecule is NCCCC1CCC(c2cccc(F)c2)CC1. The molecule has 1 nitrogen and oxygen atoms in total. The second-order valence-electron chi connectivity index (χ2n) is 5.20. The van der Waals surface area contributed by atoms with Gasteiger partial charge in [-0.15, -0.1) is 0 Å². The minimum atomic E-state index is -0.104. The summed E-state index contributed by atoms with van der Waals surface area (Å²) >= 11 is 0. The lowest BCUT2D eigenvalue weighted by Gasteiger charge is -2.28. The Labute approximate surface area is 103 Å². The third kappa shape index (κ3) is 3.53. The molecule has 2 N–H and O–H groups in total. The van der Waals surface area contributed by atoms with Crippen LogP contribution in [0.3, 0.4) is 0 Å². The van der Waals surface area contributed by atoms with Crippen molar-refractivity contribution in [2.24, 2.45) is 11.7 Å². The first-order valence-corrected chi connectivity index (χ1v) is 6.75. The molecule has 2 rings (SSSR count). The maximum Gasteiger partial charge on any atom is 0.123 e. The Morgan fingerprint density at radius 3 is 2.59 bits per heavy atom. The highest BCUT2D eigenvalue weighted by Gasteiger charge is 2.21. The molecule has 0 aliphatic heterocycles. The fourth-order valence-electron chi connectivity index (χ4n) is 2.95. The summed E-state index contributed by atoms with van der Waals surface area (Å²) in [5, 5.41) is 0. The van der Waals surface area contributed by atoms with Crippen LogP contribution in [0.25, 0.3) is 0 Å². The molecule has 0 spiro atoms. The second-order valence-corrected chi connectivity index (χ2v) is 5.20. The average Bonchev–Trinajstić information content (AvgIpc) is 2.37. The molecule has 0 unspecified atom stereocenters. The molecule has 94 valence electrons. The summed E-state index contributed by atoms with van der Waals surface area (Å²) in [6, 6.07) is 7.11. The Morgan fingerprint density at radius 1 is 1.18 bits per heavy atom. The predicted octanol–water partition coefficient (Wildman–Crippen LogP) is 3.84. The fourth-order valence-corrected chi connectivity index (χ4v) is 2.95. The number of nitrogens with two attached hydrogens (primary N) is 1. The lowest BCUT2D eigenvalue weighted by atomic mass is 9.77. The molecule has 17 heavy (non-hydrogen) atoms. The van der Waals surface area contributed by atoms with E-state index in [1.165, 1.54) is 43.7 Å². The van der Waals surface area contributed by atoms with E-state index in [-0.39, 0.29) is 5.82 Å². The van der Waals surface area contributed by atoms with Gasteiger partial charge in [-0.2, -0.15) is 0 Å². The zero-order valence-corrected chi connectivity index (χ0v) is 10.4. The van der Waals surface area contributed by atoms with Gasteiger partial charge in [0.15, 0.2) is 0 Å². The zero-order valence-electron chi connectivity index (χ0n) is 10.4. The van der Waals surface area contributed by atoms with Crippen LogP contribution in [0.15, 0.2) is 24.3 Å². The molecule has 1 saturated carbocycles. The van der Waals surface area contributed by atoms with Crippen LogP contribution in [0.1, 0.15) is 50.0 Å². The first kappa shape index (κ1) is 12.6. The largest absolute Gasteiger partial charge is 0.330 e. The molecule has 0 heterocycles. The molecule has 1 aliphatic carbocycles. The molecule has 0 radical (unpaired) electrons. The van der Waals surface area contributed by atoms with E-state index in [4.69, 9.17) is 5.73 Å². The molecule has 1 fully saturated rings. The van der Waals surface area contributed by atoms with Gasteiger partial charge < -0.3 is 5.73 Å². The Kier molecular flexibility index (Phi) is 4.55. The first-order valence-electron chi connectivity index (χ1n) is 6.75. The topological polar surface area (TPSA) is 26.0 Å². The molecule has 0 atom stereocenters. The van der Waals surface area contributed by atoms with Gasteiger partial charge in [-0.25, -0.2) is 4.39 Å². The highest BCUT2D eigenvalue weighted by atomic mass is 19.1. The molecular formula is C15H22FN. The van der Waals surface area contributed by atoms with Crippen molar-refractivity contribution in [1.82, 2.24) is 0 Å². The van der Waals surface area contributed by atoms with Crippen LogP contribution < -0.4 is 5.73 Å². The minimum absolute atomic E-state index is 0.104. The maximum absolute atomic E-state index is 13.2. The van der Waals surface area contributed by atoms with Crippen molar-refractivity contribution in [2.45, 2.75) is 44.4 Å². The normalized spacial score (nSPS) is 24.8. The molecule has 0 aromatic heterocycles. The monoisotopic (exact) mass is 235 g/mol. The van der Waals surface area contributed by atoms with Gasteiger partial charge in [-0.3, -0.25) is 0 Å². The van der Waals surface area contributed by atoms with E-state index < -0.39 is 0 Å². The molecule has 1 aromatic rings. The summed E-state index contributed by atoms with van der Waals surface area (Å²) in [7, 11) is 0. The summed E-state index contributed by atoms with van der Waals surface area (Å²) in [6.45, 7) is 0.809. The number of halogens is 1. The Balaban J connectivity index is 1.86. The van der Waals surface area contributed by atoms with Gasteiger partial charge in [0.1, 0.15) is 5.82 Å². The van der Waals surface area contributed by atoms with E-state index in [0.717, 1.165) is 18.9 Å². The van der Waals surface area contributed by atoms with Crippen LogP contribution in [0, 0.1) is 11.7 Å². The van der Waals surface area contributed by atoms with Gasteiger partial charge >= 0.3 is 0 Å². The summed E-state index contributed by atoms with van der Waals surface area (Å²) < 4.78 is 13.2. The van der Waals surface area contributed by atoms with E-state index in [1.807, 2.05) is 6.07 Å². The Bertz CT molecular complexity index is 343. The zero-order chi connectivity index (χ0) is 12.1. The Hall–Kier alpha value is -0.890. The summed E-state index contributed by atoms with van der Waals surface area (Å²) in [5.74, 6) is 1.32. The van der Waals surface area contributed by atoms with Crippen molar-refractivity contribution in [3.63, 3.8) is 0 Å². The van der Waals surface area contributed by atoms with Gasteiger partial charge in [-0.1, -0.05) is 12.1 Å². The average molecular weight is 235 g/mol. The molecule has 0 saturated heterocycles. The van der Waals surface area contributed by atoms with Gasteiger partial charge in [0, 0.05) is 0 Å². The van der Waals surface area contributed by atoms with Crippen molar-refractivity contribution < 1.29 is 4.39 Å². The fraction of sp³-hybridized carbons (Fsp3) is 0.600. The van der Waals surface area contributed by atoms with E-state index in [0.29, 0.717) is 5.92 Å². The quantitative estimate of drug-likeness (QED) is 0.843. The minimum Gasteiger partial charge on any atom is -0.330 e. The van der Waals surface area contributed by atoms with Crippen molar-refractivity contribution in [1.29, 1.82) is 0 Å². The van der Waals surface area contributed by atoms with Crippen LogP contribution in [0.5, 0.6) is 0 Å². The molecule has 0 amide bonds. The summed E-state index contributed by atoms with van der Waals surface area (Å²) in [4.78, 5) is 0. The molecule has 2 heteroatoms. The van der Waals surface area contributed by atoms with Crippen LogP contribution in [-0.2, 0) is 0 Å². The smallest absolute Gasteiger partial charge is 0.123 e. The van der Waals surface area contributed by atoms with Gasteiger partial charge in [0.2, 0.25) is 0 Å². The molecular weight excluding hydrogens is 213 g/mol. The van der Waals surface area contributed by atoms with E-state index in [9.17, 15) is 4.39 Å². The highest BCUT2D eigenvalue weighted by molar-refractivity contribution is 5.21. The van der Waals surface area contributed by atoms with Crippen LogP contribution in [-0.4, -0.2) is 6.54 Å². The summed E-state index contributed by atoms with van der Waals surface area (Å²) in [5.41, 5.74) is 6.72. The van der Waals surface area contributed by atoms with Crippen molar-refractivity contribution in [2.75, 3.05) is 6.54 Å². The maximum atomic E-state index is 13.2. The van der Waals surface area contributed by atoms with Crippen molar-refractivity contribution >= 4 is 0 Å². The molecule has 0 bridgehead atoms. The third-order valence-corrected chi connectivity index (χ3v) is 3.98. The van der Waals surface area contributed by atoms with Gasteiger partial charge in [0.05, 0.1) is 0 Å². The summed E-state index contributed by atoms with van der Waals surface area (Å²) in [6.07, 6.45) is 7.39. The lowest BCUT2D eigenvalue weighted by Crippen LogP contribution is -2.14. The predicted molar refractivity (Wildman–Crippen MR) is 69.4 cm³/mol. The lowest BCUT2D eigenvalue weighted by molar-refractivity contribution is 0.306. The third-order valence-electron chi connectivity index (χ3n) is 3.98.